The minimum absolute atomic E-state index is 0.949. The van der Waals surface area contributed by atoms with E-state index in [4.69, 9.17) is 14.8 Å². The van der Waals surface area contributed by atoms with E-state index >= 15 is 0 Å². The predicted molar refractivity (Wildman–Crippen MR) is 58.8 cm³/mol. The molecule has 12 nitrogen and oxygen atoms in total. The number of aliphatic hydroxyl groups is 2. The lowest BCUT2D eigenvalue weighted by molar-refractivity contribution is -0.242. The van der Waals surface area contributed by atoms with Crippen LogP contribution in [0.3, 0.4) is 0 Å². The van der Waals surface area contributed by atoms with Gasteiger partial charge in [0, 0.05) is 0 Å². The molecule has 1 rings (SSSR count). The van der Waals surface area contributed by atoms with Gasteiger partial charge in [0.05, 0.1) is 12.6 Å². The Kier molecular flexibility index (Phi) is 5.41. The molecule has 1 fully saturated rings. The summed E-state index contributed by atoms with van der Waals surface area (Å²) in [4.78, 5) is 0. The number of hydrogen-bond donors (Lipinski definition) is 5. The lowest BCUT2D eigenvalue weighted by Crippen LogP contribution is -2.63. The minimum atomic E-state index is -4.99. The van der Waals surface area contributed by atoms with Crippen molar-refractivity contribution >= 4 is 20.8 Å². The lowest BCUT2D eigenvalue weighted by atomic mass is 9.98. The Hall–Kier alpha value is -0.420. The van der Waals surface area contributed by atoms with Crippen LogP contribution in [0.15, 0.2) is 0 Å². The van der Waals surface area contributed by atoms with Gasteiger partial charge >= 0.3 is 20.8 Å². The highest BCUT2D eigenvalue weighted by molar-refractivity contribution is 7.81. The smallest absolute Gasteiger partial charge is 0.387 e. The van der Waals surface area contributed by atoms with Crippen LogP contribution in [0.25, 0.3) is 0 Å². The van der Waals surface area contributed by atoms with E-state index in [9.17, 15) is 27.0 Å². The molecule has 120 valence electrons. The molecule has 0 radical (unpaired) electrons. The second-order valence-corrected chi connectivity index (χ2v) is 5.97. The molecular weight excluding hydrogens is 326 g/mol. The third kappa shape index (κ3) is 5.17. The fourth-order valence-corrected chi connectivity index (χ4v) is 2.33. The second kappa shape index (κ2) is 6.14. The number of nitrogens with two attached hydrogens (primary N) is 1. The van der Waals surface area contributed by atoms with Crippen LogP contribution in [0.2, 0.25) is 0 Å². The molecule has 1 saturated heterocycles. The van der Waals surface area contributed by atoms with Crippen LogP contribution in [0.4, 0.5) is 0 Å². The molecule has 1 unspecified atom stereocenters. The van der Waals surface area contributed by atoms with Crippen LogP contribution in [0.5, 0.6) is 0 Å². The zero-order valence-corrected chi connectivity index (χ0v) is 11.3. The standard InChI is InChI=1S/C6H13NO11S2/c7-3-5(18-20(13,14)15)4(8)2(17-6(3)9)1-16-19(10,11)12/h2-6,8-9H,1,7H2,(H,10,11,12)(H,13,14,15)/t2-,3-,4+,5-,6?/m1/s1. The molecule has 0 aromatic rings. The fourth-order valence-electron chi connectivity index (χ4n) is 1.50. The molecule has 0 saturated carbocycles. The third-order valence-corrected chi connectivity index (χ3v) is 3.25. The number of rotatable bonds is 5. The molecule has 0 aromatic carbocycles. The Morgan fingerprint density at radius 1 is 1.10 bits per heavy atom. The normalized spacial score (nSPS) is 36.0. The van der Waals surface area contributed by atoms with Crippen molar-refractivity contribution in [3.05, 3.63) is 0 Å². The van der Waals surface area contributed by atoms with Crippen LogP contribution in [0, 0.1) is 0 Å². The Bertz CT molecular complexity index is 529. The van der Waals surface area contributed by atoms with Crippen LogP contribution in [0.1, 0.15) is 0 Å². The first-order valence-electron chi connectivity index (χ1n) is 4.95. The molecule has 5 atom stereocenters. The molecule has 20 heavy (non-hydrogen) atoms. The third-order valence-electron chi connectivity index (χ3n) is 2.35. The van der Waals surface area contributed by atoms with E-state index in [2.05, 4.69) is 13.1 Å². The monoisotopic (exact) mass is 339 g/mol. The van der Waals surface area contributed by atoms with Gasteiger partial charge in [-0.05, 0) is 0 Å². The molecular formula is C6H13NO11S2. The van der Waals surface area contributed by atoms with Gasteiger partial charge in [-0.3, -0.25) is 9.11 Å². The van der Waals surface area contributed by atoms with E-state index < -0.39 is 58.0 Å². The SMILES string of the molecule is N[C@H]1C(O)O[C@H](COS(=O)(=O)O)[C@H](O)[C@@H]1OS(=O)(=O)O. The van der Waals surface area contributed by atoms with E-state index in [0.29, 0.717) is 0 Å². The van der Waals surface area contributed by atoms with Gasteiger partial charge in [-0.2, -0.15) is 16.8 Å². The molecule has 0 amide bonds. The summed E-state index contributed by atoms with van der Waals surface area (Å²) in [6.45, 7) is -0.949. The summed E-state index contributed by atoms with van der Waals surface area (Å²) in [5.74, 6) is 0. The molecule has 0 aliphatic carbocycles. The van der Waals surface area contributed by atoms with E-state index in [-0.39, 0.29) is 0 Å². The first kappa shape index (κ1) is 17.6. The first-order chi connectivity index (χ1) is 8.91. The predicted octanol–water partition coefficient (Wildman–Crippen LogP) is -3.60. The van der Waals surface area contributed by atoms with E-state index in [1.807, 2.05) is 0 Å². The summed E-state index contributed by atoms with van der Waals surface area (Å²) < 4.78 is 71.5. The van der Waals surface area contributed by atoms with Gasteiger partial charge in [0.15, 0.2) is 6.29 Å². The highest BCUT2D eigenvalue weighted by Gasteiger charge is 2.46. The minimum Gasteiger partial charge on any atom is -0.387 e. The van der Waals surface area contributed by atoms with Crippen molar-refractivity contribution in [1.29, 1.82) is 0 Å². The Morgan fingerprint density at radius 3 is 2.10 bits per heavy atom. The molecule has 14 heteroatoms. The highest BCUT2D eigenvalue weighted by atomic mass is 32.3. The summed E-state index contributed by atoms with van der Waals surface area (Å²) in [6.07, 6.45) is -7.10. The van der Waals surface area contributed by atoms with Gasteiger partial charge in [0.1, 0.15) is 18.3 Å². The Balaban J connectivity index is 2.84. The average molecular weight is 339 g/mol. The van der Waals surface area contributed by atoms with Crippen molar-refractivity contribution in [3.63, 3.8) is 0 Å². The number of ether oxygens (including phenoxy) is 1. The topological polar surface area (TPSA) is 203 Å². The molecule has 0 bridgehead atoms. The van der Waals surface area contributed by atoms with Gasteiger partial charge < -0.3 is 20.7 Å². The van der Waals surface area contributed by atoms with Crippen molar-refractivity contribution in [2.75, 3.05) is 6.61 Å². The number of aliphatic hydroxyl groups excluding tert-OH is 2. The van der Waals surface area contributed by atoms with Crippen molar-refractivity contribution < 1.29 is 49.3 Å². The van der Waals surface area contributed by atoms with Gasteiger partial charge in [-0.15, -0.1) is 0 Å². The second-order valence-electron chi connectivity index (χ2n) is 3.83. The van der Waals surface area contributed by atoms with Crippen molar-refractivity contribution in [2.24, 2.45) is 5.73 Å². The summed E-state index contributed by atoms with van der Waals surface area (Å²) in [6, 6.07) is -1.55. The fraction of sp³-hybridized carbons (Fsp3) is 1.00. The first-order valence-corrected chi connectivity index (χ1v) is 7.68. The Morgan fingerprint density at radius 2 is 1.65 bits per heavy atom. The quantitative estimate of drug-likeness (QED) is 0.308. The van der Waals surface area contributed by atoms with E-state index in [1.54, 1.807) is 0 Å². The van der Waals surface area contributed by atoms with Gasteiger partial charge in [-0.1, -0.05) is 0 Å². The maximum absolute atomic E-state index is 10.6. The maximum Gasteiger partial charge on any atom is 0.397 e. The highest BCUT2D eigenvalue weighted by Crippen LogP contribution is 2.22. The summed E-state index contributed by atoms with van der Waals surface area (Å²) in [5.41, 5.74) is 5.32. The molecule has 6 N–H and O–H groups in total. The van der Waals surface area contributed by atoms with Crippen LogP contribution in [-0.2, 0) is 33.9 Å². The van der Waals surface area contributed by atoms with E-state index in [0.717, 1.165) is 0 Å². The molecule has 1 heterocycles. The zero-order valence-electron chi connectivity index (χ0n) is 9.63. The molecule has 1 aliphatic heterocycles. The van der Waals surface area contributed by atoms with Gasteiger partial charge in [0.2, 0.25) is 0 Å². The van der Waals surface area contributed by atoms with Crippen LogP contribution < -0.4 is 5.73 Å². The maximum atomic E-state index is 10.6. The molecule has 0 aromatic heterocycles. The zero-order chi connectivity index (χ0) is 15.7. The number of hydrogen-bond acceptors (Lipinski definition) is 10. The average Bonchev–Trinajstić information content (AvgIpc) is 2.25. The van der Waals surface area contributed by atoms with Crippen LogP contribution >= 0.6 is 0 Å². The summed E-state index contributed by atoms with van der Waals surface area (Å²) >= 11 is 0. The van der Waals surface area contributed by atoms with Crippen molar-refractivity contribution in [2.45, 2.75) is 30.6 Å². The van der Waals surface area contributed by atoms with E-state index in [1.165, 1.54) is 0 Å². The summed E-state index contributed by atoms with van der Waals surface area (Å²) in [7, 11) is -9.84. The summed E-state index contributed by atoms with van der Waals surface area (Å²) in [5, 5.41) is 19.1. The van der Waals surface area contributed by atoms with Crippen molar-refractivity contribution in [3.8, 4) is 0 Å². The Labute approximate surface area is 114 Å². The van der Waals surface area contributed by atoms with Gasteiger partial charge in [-0.25, -0.2) is 8.37 Å². The molecule has 1 aliphatic rings. The largest absolute Gasteiger partial charge is 0.397 e. The lowest BCUT2D eigenvalue weighted by Gasteiger charge is -2.39. The van der Waals surface area contributed by atoms with Crippen LogP contribution in [-0.4, -0.2) is 73.4 Å². The van der Waals surface area contributed by atoms with Gasteiger partial charge in [0.25, 0.3) is 0 Å². The van der Waals surface area contributed by atoms with Crippen molar-refractivity contribution in [1.82, 2.24) is 0 Å². The molecule has 0 spiro atoms.